The number of anilines is 2. The van der Waals surface area contributed by atoms with Crippen molar-refractivity contribution in [2.45, 2.75) is 6.42 Å². The summed E-state index contributed by atoms with van der Waals surface area (Å²) in [6.07, 6.45) is 0.184. The second-order valence-electron chi connectivity index (χ2n) is 4.78. The molecule has 1 heterocycles. The predicted molar refractivity (Wildman–Crippen MR) is 73.0 cm³/mol. The molecule has 0 saturated carbocycles. The molecule has 6 heteroatoms. The molecule has 0 aliphatic carbocycles. The van der Waals surface area contributed by atoms with E-state index in [2.05, 4.69) is 5.32 Å². The highest BCUT2D eigenvalue weighted by Gasteiger charge is 2.21. The summed E-state index contributed by atoms with van der Waals surface area (Å²) in [5, 5.41) is 2.65. The molecule has 0 atom stereocenters. The summed E-state index contributed by atoms with van der Waals surface area (Å²) < 4.78 is 26.3. The molecule has 2 aromatic rings. The van der Waals surface area contributed by atoms with Crippen molar-refractivity contribution in [2.24, 2.45) is 0 Å². The summed E-state index contributed by atoms with van der Waals surface area (Å²) in [6.45, 7) is 0. The Morgan fingerprint density at radius 2 is 1.86 bits per heavy atom. The molecule has 0 radical (unpaired) electrons. The van der Waals surface area contributed by atoms with Gasteiger partial charge < -0.3 is 11.1 Å². The number of hydrogen-bond acceptors (Lipinski definition) is 3. The van der Waals surface area contributed by atoms with Gasteiger partial charge in [-0.05, 0) is 29.8 Å². The lowest BCUT2D eigenvalue weighted by Crippen LogP contribution is -2.07. The van der Waals surface area contributed by atoms with E-state index in [0.29, 0.717) is 11.3 Å². The molecular weight excluding hydrogens is 278 g/mol. The van der Waals surface area contributed by atoms with E-state index in [4.69, 9.17) is 5.73 Å². The normalized spacial score (nSPS) is 13.0. The van der Waals surface area contributed by atoms with E-state index in [1.807, 2.05) is 0 Å². The van der Waals surface area contributed by atoms with Crippen molar-refractivity contribution in [3.05, 3.63) is 58.7 Å². The molecule has 21 heavy (non-hydrogen) atoms. The molecule has 1 aliphatic heterocycles. The number of nitrogens with two attached hydrogens (primary N) is 1. The average molecular weight is 288 g/mol. The topological polar surface area (TPSA) is 72.2 Å². The summed E-state index contributed by atoms with van der Waals surface area (Å²) in [4.78, 5) is 23.6. The number of carbonyl (C=O) groups is 2. The second-order valence-corrected chi connectivity index (χ2v) is 4.78. The van der Waals surface area contributed by atoms with Crippen LogP contribution in [0, 0.1) is 11.6 Å². The first kappa shape index (κ1) is 13.2. The van der Waals surface area contributed by atoms with Crippen LogP contribution < -0.4 is 11.1 Å². The Morgan fingerprint density at radius 3 is 2.62 bits per heavy atom. The fourth-order valence-corrected chi connectivity index (χ4v) is 2.28. The smallest absolute Gasteiger partial charge is 0.228 e. The third kappa shape index (κ3) is 2.24. The van der Waals surface area contributed by atoms with Gasteiger partial charge in [0.15, 0.2) is 17.4 Å². The monoisotopic (exact) mass is 288 g/mol. The van der Waals surface area contributed by atoms with Crippen LogP contribution in [0.4, 0.5) is 20.2 Å². The van der Waals surface area contributed by atoms with Crippen molar-refractivity contribution in [1.82, 2.24) is 0 Å². The minimum atomic E-state index is -1.13. The van der Waals surface area contributed by atoms with Gasteiger partial charge in [0.1, 0.15) is 0 Å². The Bertz CT molecular complexity index is 787. The number of nitrogens with one attached hydrogen (secondary N) is 1. The fourth-order valence-electron chi connectivity index (χ4n) is 2.28. The minimum absolute atomic E-state index is 0.105. The first-order valence-corrected chi connectivity index (χ1v) is 6.17. The molecule has 0 fully saturated rings. The summed E-state index contributed by atoms with van der Waals surface area (Å²) in [6, 6.07) is 6.22. The van der Waals surface area contributed by atoms with Crippen molar-refractivity contribution in [3.8, 4) is 0 Å². The van der Waals surface area contributed by atoms with E-state index in [1.165, 1.54) is 6.07 Å². The number of benzene rings is 2. The zero-order valence-electron chi connectivity index (χ0n) is 10.7. The molecule has 106 valence electrons. The molecular formula is C15H10F2N2O2. The van der Waals surface area contributed by atoms with Crippen molar-refractivity contribution < 1.29 is 18.4 Å². The first-order valence-electron chi connectivity index (χ1n) is 6.17. The van der Waals surface area contributed by atoms with Crippen LogP contribution in [0.2, 0.25) is 0 Å². The third-order valence-corrected chi connectivity index (χ3v) is 3.33. The first-order chi connectivity index (χ1) is 9.95. The van der Waals surface area contributed by atoms with Crippen LogP contribution in [0.15, 0.2) is 30.3 Å². The zero-order chi connectivity index (χ0) is 15.1. The van der Waals surface area contributed by atoms with E-state index in [9.17, 15) is 18.4 Å². The summed E-state index contributed by atoms with van der Waals surface area (Å²) in [5.74, 6) is -2.91. The number of fused-ring (bicyclic) bond motifs is 1. The van der Waals surface area contributed by atoms with Gasteiger partial charge in [0.2, 0.25) is 5.91 Å². The lowest BCUT2D eigenvalue weighted by atomic mass is 9.99. The van der Waals surface area contributed by atoms with Gasteiger partial charge >= 0.3 is 0 Å². The van der Waals surface area contributed by atoms with E-state index in [0.717, 1.165) is 12.1 Å². The van der Waals surface area contributed by atoms with Crippen molar-refractivity contribution in [3.63, 3.8) is 0 Å². The summed E-state index contributed by atoms with van der Waals surface area (Å²) in [7, 11) is 0. The highest BCUT2D eigenvalue weighted by molar-refractivity contribution is 6.13. The van der Waals surface area contributed by atoms with Gasteiger partial charge in [-0.15, -0.1) is 0 Å². The summed E-state index contributed by atoms with van der Waals surface area (Å²) in [5.41, 5.74) is 6.93. The van der Waals surface area contributed by atoms with Gasteiger partial charge in [0.25, 0.3) is 0 Å². The fraction of sp³-hybridized carbons (Fsp3) is 0.0667. The third-order valence-electron chi connectivity index (χ3n) is 3.33. The van der Waals surface area contributed by atoms with Gasteiger partial charge in [0, 0.05) is 28.6 Å². The van der Waals surface area contributed by atoms with Gasteiger partial charge in [-0.3, -0.25) is 9.59 Å². The highest BCUT2D eigenvalue weighted by atomic mass is 19.2. The maximum absolute atomic E-state index is 13.3. The predicted octanol–water partition coefficient (Wildman–Crippen LogP) is 2.27. The number of nitrogen functional groups attached to an aromatic ring is 1. The lowest BCUT2D eigenvalue weighted by molar-refractivity contribution is -0.115. The number of rotatable bonds is 2. The molecule has 0 aromatic heterocycles. The van der Waals surface area contributed by atoms with E-state index < -0.39 is 17.4 Å². The van der Waals surface area contributed by atoms with Crippen LogP contribution in [-0.4, -0.2) is 11.7 Å². The number of carbonyl (C=O) groups excluding carboxylic acids is 2. The van der Waals surface area contributed by atoms with Gasteiger partial charge in [-0.1, -0.05) is 0 Å². The van der Waals surface area contributed by atoms with Crippen LogP contribution >= 0.6 is 0 Å². The quantitative estimate of drug-likeness (QED) is 0.657. The van der Waals surface area contributed by atoms with Crippen LogP contribution in [0.3, 0.4) is 0 Å². The molecule has 3 rings (SSSR count). The van der Waals surface area contributed by atoms with Gasteiger partial charge in [-0.25, -0.2) is 8.78 Å². The molecule has 2 aromatic carbocycles. The number of halogens is 2. The standard InChI is InChI=1S/C15H10F2N2O2/c16-10-5-9(12(18)6-11(10)17)15(21)7-1-2-13-8(3-7)4-14(20)19-13/h1-3,5-6H,4,18H2,(H,19,20). The molecule has 1 aliphatic rings. The number of ketones is 1. The second kappa shape index (κ2) is 4.66. The largest absolute Gasteiger partial charge is 0.398 e. The molecule has 0 spiro atoms. The Hall–Kier alpha value is -2.76. The molecule has 0 saturated heterocycles. The van der Waals surface area contributed by atoms with E-state index in [1.54, 1.807) is 12.1 Å². The Kier molecular flexibility index (Phi) is 2.94. The summed E-state index contributed by atoms with van der Waals surface area (Å²) >= 11 is 0. The molecule has 0 unspecified atom stereocenters. The van der Waals surface area contributed by atoms with E-state index in [-0.39, 0.29) is 29.1 Å². The highest BCUT2D eigenvalue weighted by Crippen LogP contribution is 2.26. The molecule has 3 N–H and O–H groups in total. The van der Waals surface area contributed by atoms with Crippen LogP contribution in [0.5, 0.6) is 0 Å². The van der Waals surface area contributed by atoms with E-state index >= 15 is 0 Å². The van der Waals surface area contributed by atoms with Gasteiger partial charge in [0.05, 0.1) is 6.42 Å². The van der Waals surface area contributed by atoms with Crippen LogP contribution in [0.1, 0.15) is 21.5 Å². The Labute approximate surface area is 118 Å². The van der Waals surface area contributed by atoms with Crippen molar-refractivity contribution in [2.75, 3.05) is 11.1 Å². The number of hydrogen-bond donors (Lipinski definition) is 2. The molecule has 0 bridgehead atoms. The Balaban J connectivity index is 2.02. The van der Waals surface area contributed by atoms with Crippen molar-refractivity contribution in [1.29, 1.82) is 0 Å². The lowest BCUT2D eigenvalue weighted by Gasteiger charge is -2.07. The maximum atomic E-state index is 13.3. The zero-order valence-corrected chi connectivity index (χ0v) is 10.7. The minimum Gasteiger partial charge on any atom is -0.398 e. The van der Waals surface area contributed by atoms with Crippen molar-refractivity contribution >= 4 is 23.1 Å². The SMILES string of the molecule is Nc1cc(F)c(F)cc1C(=O)c1ccc2c(c1)CC(=O)N2. The molecule has 1 amide bonds. The maximum Gasteiger partial charge on any atom is 0.228 e. The average Bonchev–Trinajstić information content (AvgIpc) is 2.81. The number of amides is 1. The molecule has 4 nitrogen and oxygen atoms in total. The van der Waals surface area contributed by atoms with Gasteiger partial charge in [-0.2, -0.15) is 0 Å². The van der Waals surface area contributed by atoms with Crippen LogP contribution in [0.25, 0.3) is 0 Å². The van der Waals surface area contributed by atoms with Crippen LogP contribution in [-0.2, 0) is 11.2 Å². The Morgan fingerprint density at radius 1 is 1.14 bits per heavy atom.